The van der Waals surface area contributed by atoms with Gasteiger partial charge in [-0.3, -0.25) is 19.8 Å². The van der Waals surface area contributed by atoms with Crippen molar-refractivity contribution in [3.63, 3.8) is 0 Å². The molecule has 0 bridgehead atoms. The molecule has 0 aromatic heterocycles. The number of rotatable bonds is 12. The Morgan fingerprint density at radius 1 is 1.21 bits per heavy atom. The number of non-ortho nitro benzene ring substituents is 1. The van der Waals surface area contributed by atoms with E-state index in [9.17, 15) is 24.8 Å². The molecular formula is C25H31N3O6. The van der Waals surface area contributed by atoms with Crippen LogP contribution in [-0.4, -0.2) is 46.0 Å². The summed E-state index contributed by atoms with van der Waals surface area (Å²) < 4.78 is 4.83. The number of nitrogens with one attached hydrogen (secondary N) is 1. The summed E-state index contributed by atoms with van der Waals surface area (Å²) in [5.74, 6) is -1.28. The van der Waals surface area contributed by atoms with Crippen molar-refractivity contribution >= 4 is 17.6 Å². The second-order valence-electron chi connectivity index (χ2n) is 8.25. The molecule has 0 aliphatic heterocycles. The molecule has 1 amide bonds. The van der Waals surface area contributed by atoms with Crippen molar-refractivity contribution in [2.75, 3.05) is 7.11 Å². The van der Waals surface area contributed by atoms with E-state index in [1.165, 1.54) is 25.3 Å². The maximum Gasteiger partial charge on any atom is 0.328 e. The number of esters is 1. The number of carbonyl (C=O) groups is 2. The standard InChI is InChI=1S/C25H31N3O6/c1-5-9-21(24(30)26-23(17(2)3)25(31)34-4)27(15-18-10-7-6-8-11-18)16-19-14-20(28(32)33)12-13-22(19)29/h5-8,10-14,17,21,23,29H,1,9,15-16H2,2-4H3,(H,26,30)/t21-,23-/m0/s1. The predicted molar refractivity (Wildman–Crippen MR) is 128 cm³/mol. The molecule has 0 saturated carbocycles. The highest BCUT2D eigenvalue weighted by Crippen LogP contribution is 2.26. The fourth-order valence-corrected chi connectivity index (χ4v) is 3.58. The number of benzene rings is 2. The highest BCUT2D eigenvalue weighted by atomic mass is 16.6. The molecule has 0 aliphatic carbocycles. The lowest BCUT2D eigenvalue weighted by Gasteiger charge is -2.32. The largest absolute Gasteiger partial charge is 0.508 e. The third-order valence-electron chi connectivity index (χ3n) is 5.43. The highest BCUT2D eigenvalue weighted by Gasteiger charge is 2.31. The van der Waals surface area contributed by atoms with Crippen LogP contribution < -0.4 is 5.32 Å². The van der Waals surface area contributed by atoms with Gasteiger partial charge in [-0.1, -0.05) is 50.3 Å². The smallest absolute Gasteiger partial charge is 0.328 e. The molecule has 0 spiro atoms. The number of nitrogens with zero attached hydrogens (tertiary/aromatic N) is 2. The van der Waals surface area contributed by atoms with Crippen molar-refractivity contribution in [1.82, 2.24) is 10.2 Å². The second kappa shape index (κ2) is 12.5. The molecular weight excluding hydrogens is 438 g/mol. The third-order valence-corrected chi connectivity index (χ3v) is 5.43. The van der Waals surface area contributed by atoms with E-state index in [4.69, 9.17) is 4.74 Å². The summed E-state index contributed by atoms with van der Waals surface area (Å²) in [4.78, 5) is 38.1. The molecule has 9 heteroatoms. The minimum absolute atomic E-state index is 0.0545. The summed E-state index contributed by atoms with van der Waals surface area (Å²) in [6.45, 7) is 7.73. The van der Waals surface area contributed by atoms with Crippen LogP contribution in [0.25, 0.3) is 0 Å². The third kappa shape index (κ3) is 7.14. The van der Waals surface area contributed by atoms with E-state index in [2.05, 4.69) is 11.9 Å². The van der Waals surface area contributed by atoms with Gasteiger partial charge in [-0.05, 0) is 24.0 Å². The molecule has 0 aliphatic rings. The van der Waals surface area contributed by atoms with Gasteiger partial charge in [0.2, 0.25) is 5.91 Å². The minimum Gasteiger partial charge on any atom is -0.508 e. The van der Waals surface area contributed by atoms with Gasteiger partial charge >= 0.3 is 5.97 Å². The van der Waals surface area contributed by atoms with Gasteiger partial charge in [0.25, 0.3) is 5.69 Å². The van der Waals surface area contributed by atoms with Gasteiger partial charge in [0, 0.05) is 30.8 Å². The van der Waals surface area contributed by atoms with Crippen LogP contribution in [0.4, 0.5) is 5.69 Å². The average Bonchev–Trinajstić information content (AvgIpc) is 2.81. The van der Waals surface area contributed by atoms with Gasteiger partial charge in [-0.15, -0.1) is 6.58 Å². The molecule has 0 unspecified atom stereocenters. The normalized spacial score (nSPS) is 12.7. The number of hydrogen-bond donors (Lipinski definition) is 2. The average molecular weight is 470 g/mol. The van der Waals surface area contributed by atoms with Crippen molar-refractivity contribution in [3.8, 4) is 5.75 Å². The fourth-order valence-electron chi connectivity index (χ4n) is 3.58. The molecule has 9 nitrogen and oxygen atoms in total. The summed E-state index contributed by atoms with van der Waals surface area (Å²) in [7, 11) is 1.26. The van der Waals surface area contributed by atoms with Gasteiger partial charge < -0.3 is 15.2 Å². The van der Waals surface area contributed by atoms with Gasteiger partial charge in [0.15, 0.2) is 0 Å². The molecule has 34 heavy (non-hydrogen) atoms. The molecule has 182 valence electrons. The number of methoxy groups -OCH3 is 1. The van der Waals surface area contributed by atoms with Crippen LogP contribution in [0.15, 0.2) is 61.2 Å². The molecule has 0 heterocycles. The molecule has 2 aromatic rings. The molecule has 2 rings (SSSR count). The number of hydrogen-bond acceptors (Lipinski definition) is 7. The molecule has 0 radical (unpaired) electrons. The fraction of sp³-hybridized carbons (Fsp3) is 0.360. The van der Waals surface area contributed by atoms with E-state index in [0.29, 0.717) is 12.1 Å². The zero-order valence-corrected chi connectivity index (χ0v) is 19.6. The first kappa shape index (κ1) is 26.5. The van der Waals surface area contributed by atoms with Crippen molar-refractivity contribution in [2.24, 2.45) is 5.92 Å². The lowest BCUT2D eigenvalue weighted by molar-refractivity contribution is -0.385. The Kier molecular flexibility index (Phi) is 9.76. The molecule has 0 fully saturated rings. The number of nitro groups is 1. The van der Waals surface area contributed by atoms with Crippen LogP contribution >= 0.6 is 0 Å². The maximum absolute atomic E-state index is 13.4. The van der Waals surface area contributed by atoms with Gasteiger partial charge in [0.05, 0.1) is 18.1 Å². The number of ether oxygens (including phenoxy) is 1. The number of amides is 1. The Bertz CT molecular complexity index is 1010. The number of nitro benzene ring substituents is 1. The van der Waals surface area contributed by atoms with Crippen LogP contribution in [0.2, 0.25) is 0 Å². The van der Waals surface area contributed by atoms with Crippen molar-refractivity contribution in [1.29, 1.82) is 0 Å². The van der Waals surface area contributed by atoms with Crippen molar-refractivity contribution in [2.45, 2.75) is 45.4 Å². The highest BCUT2D eigenvalue weighted by molar-refractivity contribution is 5.87. The number of aromatic hydroxyl groups is 1. The molecule has 2 N–H and O–H groups in total. The quantitative estimate of drug-likeness (QED) is 0.211. The first-order valence-corrected chi connectivity index (χ1v) is 10.9. The number of phenolic OH excluding ortho intramolecular Hbond substituents is 1. The monoisotopic (exact) mass is 469 g/mol. The van der Waals surface area contributed by atoms with Crippen LogP contribution in [0.5, 0.6) is 5.75 Å². The van der Waals surface area contributed by atoms with E-state index in [1.807, 2.05) is 30.3 Å². The Labute approximate surface area is 199 Å². The zero-order valence-electron chi connectivity index (χ0n) is 19.6. The number of carbonyl (C=O) groups excluding carboxylic acids is 2. The second-order valence-corrected chi connectivity index (χ2v) is 8.25. The zero-order chi connectivity index (χ0) is 25.3. The summed E-state index contributed by atoms with van der Waals surface area (Å²) >= 11 is 0. The van der Waals surface area contributed by atoms with Crippen molar-refractivity contribution < 1.29 is 24.4 Å². The van der Waals surface area contributed by atoms with E-state index in [1.54, 1.807) is 24.8 Å². The molecule has 2 aromatic carbocycles. The topological polar surface area (TPSA) is 122 Å². The van der Waals surface area contributed by atoms with Crippen LogP contribution in [0.3, 0.4) is 0 Å². The lowest BCUT2D eigenvalue weighted by Crippen LogP contribution is -2.53. The van der Waals surface area contributed by atoms with E-state index in [0.717, 1.165) is 5.56 Å². The maximum atomic E-state index is 13.4. The minimum atomic E-state index is -0.838. The molecule has 2 atom stereocenters. The predicted octanol–water partition coefficient (Wildman–Crippen LogP) is 3.56. The van der Waals surface area contributed by atoms with Crippen LogP contribution in [0.1, 0.15) is 31.4 Å². The van der Waals surface area contributed by atoms with E-state index >= 15 is 0 Å². The summed E-state index contributed by atoms with van der Waals surface area (Å²) in [5.41, 5.74) is 1.05. The SMILES string of the molecule is C=CC[C@@H](C(=O)N[C@H](C(=O)OC)C(C)C)N(Cc1ccccc1)Cc1cc([N+](=O)[O-])ccc1O. The first-order chi connectivity index (χ1) is 16.2. The number of phenols is 1. The Morgan fingerprint density at radius 2 is 1.88 bits per heavy atom. The Balaban J connectivity index is 2.44. The van der Waals surface area contributed by atoms with Gasteiger partial charge in [0.1, 0.15) is 11.8 Å². The first-order valence-electron chi connectivity index (χ1n) is 10.9. The van der Waals surface area contributed by atoms with E-state index in [-0.39, 0.29) is 30.3 Å². The Morgan fingerprint density at radius 3 is 2.44 bits per heavy atom. The van der Waals surface area contributed by atoms with Gasteiger partial charge in [-0.2, -0.15) is 0 Å². The van der Waals surface area contributed by atoms with E-state index < -0.39 is 28.9 Å². The Hall–Kier alpha value is -3.72. The molecule has 0 saturated heterocycles. The van der Waals surface area contributed by atoms with Gasteiger partial charge in [-0.25, -0.2) is 4.79 Å². The van der Waals surface area contributed by atoms with Crippen LogP contribution in [-0.2, 0) is 27.4 Å². The lowest BCUT2D eigenvalue weighted by atomic mass is 10.0. The summed E-state index contributed by atoms with van der Waals surface area (Å²) in [5, 5.41) is 24.4. The van der Waals surface area contributed by atoms with Crippen LogP contribution in [0, 0.1) is 16.0 Å². The summed E-state index contributed by atoms with van der Waals surface area (Å²) in [6.07, 6.45) is 1.85. The summed E-state index contributed by atoms with van der Waals surface area (Å²) in [6, 6.07) is 11.6. The van der Waals surface area contributed by atoms with Crippen molar-refractivity contribution in [3.05, 3.63) is 82.4 Å².